The van der Waals surface area contributed by atoms with Gasteiger partial charge in [0.2, 0.25) is 11.8 Å². The molecular weight excluding hydrogens is 220 g/mol. The van der Waals surface area contributed by atoms with Gasteiger partial charge in [-0.25, -0.2) is 0 Å². The smallest absolute Gasteiger partial charge is 0.228 e. The minimum Gasteiger partial charge on any atom is -0.356 e. The summed E-state index contributed by atoms with van der Waals surface area (Å²) in [5.74, 6) is 1.28. The topological polar surface area (TPSA) is 80.0 Å². The van der Waals surface area contributed by atoms with Crippen molar-refractivity contribution in [2.75, 3.05) is 13.1 Å². The van der Waals surface area contributed by atoms with Gasteiger partial charge in [-0.15, -0.1) is 0 Å². The Morgan fingerprint density at radius 3 is 3.18 bits per heavy atom. The molecule has 6 heteroatoms. The van der Waals surface area contributed by atoms with Crippen molar-refractivity contribution >= 4 is 5.91 Å². The Bertz CT molecular complexity index is 371. The van der Waals surface area contributed by atoms with Gasteiger partial charge in [0, 0.05) is 25.4 Å². The average molecular weight is 238 g/mol. The highest BCUT2D eigenvalue weighted by atomic mass is 16.5. The van der Waals surface area contributed by atoms with Crippen LogP contribution in [0, 0.1) is 6.92 Å². The Balaban J connectivity index is 1.62. The summed E-state index contributed by atoms with van der Waals surface area (Å²) < 4.78 is 4.95. The fourth-order valence-electron chi connectivity index (χ4n) is 1.98. The number of amides is 1. The van der Waals surface area contributed by atoms with Gasteiger partial charge in [0.15, 0.2) is 5.82 Å². The third-order valence-electron chi connectivity index (χ3n) is 2.82. The van der Waals surface area contributed by atoms with Crippen molar-refractivity contribution in [2.24, 2.45) is 0 Å². The molecule has 1 aromatic rings. The Morgan fingerprint density at radius 2 is 2.53 bits per heavy atom. The van der Waals surface area contributed by atoms with Crippen LogP contribution in [0.4, 0.5) is 0 Å². The molecule has 0 saturated carbocycles. The Hall–Kier alpha value is -1.43. The van der Waals surface area contributed by atoms with Gasteiger partial charge in [-0.2, -0.15) is 4.98 Å². The first-order chi connectivity index (χ1) is 8.24. The third-order valence-corrected chi connectivity index (χ3v) is 2.82. The first-order valence-corrected chi connectivity index (χ1v) is 6.03. The van der Waals surface area contributed by atoms with Gasteiger partial charge in [0.05, 0.1) is 0 Å². The van der Waals surface area contributed by atoms with E-state index in [9.17, 15) is 4.79 Å². The van der Waals surface area contributed by atoms with Gasteiger partial charge >= 0.3 is 0 Å². The summed E-state index contributed by atoms with van der Waals surface area (Å²) in [6.07, 6.45) is 3.41. The molecule has 2 N–H and O–H groups in total. The quantitative estimate of drug-likeness (QED) is 0.765. The first-order valence-electron chi connectivity index (χ1n) is 6.03. The van der Waals surface area contributed by atoms with Gasteiger partial charge in [-0.3, -0.25) is 4.79 Å². The molecule has 0 bridgehead atoms. The molecule has 1 aliphatic rings. The minimum absolute atomic E-state index is 0.0839. The van der Waals surface area contributed by atoms with Crippen molar-refractivity contribution in [3.05, 3.63) is 11.7 Å². The van der Waals surface area contributed by atoms with Gasteiger partial charge in [-0.1, -0.05) is 5.16 Å². The highest BCUT2D eigenvalue weighted by Gasteiger charge is 2.17. The van der Waals surface area contributed by atoms with Crippen LogP contribution in [0.3, 0.4) is 0 Å². The number of hydrogen-bond donors (Lipinski definition) is 2. The lowest BCUT2D eigenvalue weighted by molar-refractivity contribution is -0.121. The largest absolute Gasteiger partial charge is 0.356 e. The molecule has 0 aliphatic carbocycles. The maximum Gasteiger partial charge on any atom is 0.228 e. The molecule has 1 atom stereocenters. The molecule has 1 aliphatic heterocycles. The summed E-state index contributed by atoms with van der Waals surface area (Å²) in [6.45, 7) is 3.35. The Morgan fingerprint density at radius 1 is 1.65 bits per heavy atom. The number of nitrogens with zero attached hydrogens (tertiary/aromatic N) is 2. The normalized spacial score (nSPS) is 19.5. The van der Waals surface area contributed by atoms with Crippen LogP contribution in [0.15, 0.2) is 4.52 Å². The van der Waals surface area contributed by atoms with E-state index in [4.69, 9.17) is 4.52 Å². The van der Waals surface area contributed by atoms with Crippen LogP contribution in [-0.4, -0.2) is 35.2 Å². The van der Waals surface area contributed by atoms with Crippen molar-refractivity contribution < 1.29 is 9.32 Å². The van der Waals surface area contributed by atoms with Crippen LogP contribution in [0.5, 0.6) is 0 Å². The van der Waals surface area contributed by atoms with E-state index in [-0.39, 0.29) is 5.91 Å². The molecular formula is C11H18N4O2. The van der Waals surface area contributed by atoms with Crippen molar-refractivity contribution in [3.63, 3.8) is 0 Å². The molecule has 0 aromatic carbocycles. The van der Waals surface area contributed by atoms with Gasteiger partial charge < -0.3 is 15.2 Å². The van der Waals surface area contributed by atoms with E-state index in [1.165, 1.54) is 6.42 Å². The third kappa shape index (κ3) is 3.81. The van der Waals surface area contributed by atoms with Crippen LogP contribution in [-0.2, 0) is 11.2 Å². The maximum atomic E-state index is 11.6. The van der Waals surface area contributed by atoms with Crippen LogP contribution < -0.4 is 10.6 Å². The number of rotatable bonds is 5. The number of hydrogen-bond acceptors (Lipinski definition) is 5. The van der Waals surface area contributed by atoms with E-state index in [1.807, 2.05) is 0 Å². The highest BCUT2D eigenvalue weighted by molar-refractivity contribution is 5.76. The fourth-order valence-corrected chi connectivity index (χ4v) is 1.98. The predicted octanol–water partition coefficient (Wildman–Crippen LogP) is 0.179. The van der Waals surface area contributed by atoms with Gasteiger partial charge in [0.25, 0.3) is 0 Å². The van der Waals surface area contributed by atoms with Gasteiger partial charge in [-0.05, 0) is 26.3 Å². The Labute approximate surface area is 100 Å². The van der Waals surface area contributed by atoms with E-state index in [1.54, 1.807) is 6.92 Å². The van der Waals surface area contributed by atoms with Crippen molar-refractivity contribution in [3.8, 4) is 0 Å². The second-order valence-corrected chi connectivity index (χ2v) is 4.33. The number of aromatic nitrogens is 2. The summed E-state index contributed by atoms with van der Waals surface area (Å²) in [5.41, 5.74) is 0. The standard InChI is InChI=1S/C11H18N4O2/c1-8-14-11(17-15-8)4-6-13-10(16)7-9-3-2-5-12-9/h9,12H,2-7H2,1H3,(H,13,16). The zero-order valence-corrected chi connectivity index (χ0v) is 10.0. The molecule has 17 heavy (non-hydrogen) atoms. The lowest BCUT2D eigenvalue weighted by Crippen LogP contribution is -2.32. The zero-order valence-electron chi connectivity index (χ0n) is 10.0. The summed E-state index contributed by atoms with van der Waals surface area (Å²) in [4.78, 5) is 15.6. The molecule has 2 heterocycles. The number of aryl methyl sites for hydroxylation is 1. The maximum absolute atomic E-state index is 11.6. The molecule has 1 aromatic heterocycles. The molecule has 1 saturated heterocycles. The second-order valence-electron chi connectivity index (χ2n) is 4.33. The van der Waals surface area contributed by atoms with E-state index in [0.29, 0.717) is 37.1 Å². The summed E-state index contributed by atoms with van der Waals surface area (Å²) in [7, 11) is 0. The van der Waals surface area contributed by atoms with Crippen molar-refractivity contribution in [1.29, 1.82) is 0 Å². The van der Waals surface area contributed by atoms with Crippen LogP contribution >= 0.6 is 0 Å². The summed E-state index contributed by atoms with van der Waals surface area (Å²) in [5, 5.41) is 9.85. The molecule has 1 fully saturated rings. The molecule has 2 rings (SSSR count). The molecule has 94 valence electrons. The van der Waals surface area contributed by atoms with Crippen molar-refractivity contribution in [2.45, 2.75) is 38.6 Å². The Kier molecular flexibility index (Phi) is 4.08. The highest BCUT2D eigenvalue weighted by Crippen LogP contribution is 2.08. The SMILES string of the molecule is Cc1noc(CCNC(=O)CC2CCCN2)n1. The molecule has 1 amide bonds. The molecule has 0 radical (unpaired) electrons. The summed E-state index contributed by atoms with van der Waals surface area (Å²) in [6, 6.07) is 0.348. The first kappa shape index (κ1) is 12.0. The van der Waals surface area contributed by atoms with Crippen LogP contribution in [0.1, 0.15) is 31.0 Å². The van der Waals surface area contributed by atoms with Gasteiger partial charge in [0.1, 0.15) is 0 Å². The van der Waals surface area contributed by atoms with E-state index in [0.717, 1.165) is 13.0 Å². The molecule has 0 spiro atoms. The van der Waals surface area contributed by atoms with E-state index >= 15 is 0 Å². The zero-order chi connectivity index (χ0) is 12.1. The van der Waals surface area contributed by atoms with E-state index in [2.05, 4.69) is 20.8 Å². The number of carbonyl (C=O) groups is 1. The number of carbonyl (C=O) groups excluding carboxylic acids is 1. The van der Waals surface area contributed by atoms with E-state index < -0.39 is 0 Å². The second kappa shape index (κ2) is 5.77. The molecule has 6 nitrogen and oxygen atoms in total. The van der Waals surface area contributed by atoms with Crippen LogP contribution in [0.2, 0.25) is 0 Å². The lowest BCUT2D eigenvalue weighted by atomic mass is 10.1. The predicted molar refractivity (Wildman–Crippen MR) is 61.4 cm³/mol. The fraction of sp³-hybridized carbons (Fsp3) is 0.727. The monoisotopic (exact) mass is 238 g/mol. The molecule has 1 unspecified atom stereocenters. The minimum atomic E-state index is 0.0839. The number of nitrogens with one attached hydrogen (secondary N) is 2. The van der Waals surface area contributed by atoms with Crippen LogP contribution in [0.25, 0.3) is 0 Å². The van der Waals surface area contributed by atoms with Crippen molar-refractivity contribution in [1.82, 2.24) is 20.8 Å². The lowest BCUT2D eigenvalue weighted by Gasteiger charge is -2.09. The summed E-state index contributed by atoms with van der Waals surface area (Å²) >= 11 is 0. The average Bonchev–Trinajstić information content (AvgIpc) is 2.90.